The first-order chi connectivity index (χ1) is 8.24. The number of carbonyl (C=O) groups excluding carboxylic acids is 1. The van der Waals surface area contributed by atoms with Crippen molar-refractivity contribution in [2.75, 3.05) is 0 Å². The van der Waals surface area contributed by atoms with Crippen molar-refractivity contribution in [1.29, 1.82) is 0 Å². The van der Waals surface area contributed by atoms with Crippen molar-refractivity contribution < 1.29 is 4.79 Å². The smallest absolute Gasteiger partial charge is 0.291 e. The summed E-state index contributed by atoms with van der Waals surface area (Å²) in [6, 6.07) is -0.00428. The zero-order chi connectivity index (χ0) is 12.3. The molecule has 0 spiro atoms. The summed E-state index contributed by atoms with van der Waals surface area (Å²) < 4.78 is 0. The van der Waals surface area contributed by atoms with E-state index >= 15 is 0 Å². The normalized spacial score (nSPS) is 16.2. The van der Waals surface area contributed by atoms with Crippen LogP contribution in [0.4, 0.5) is 0 Å². The van der Waals surface area contributed by atoms with E-state index in [-0.39, 0.29) is 17.8 Å². The fraction of sp³-hybridized carbons (Fsp3) is 0.583. The maximum Gasteiger partial charge on any atom is 0.291 e. The third-order valence-corrected chi connectivity index (χ3v) is 2.86. The zero-order valence-corrected chi connectivity index (χ0v) is 9.86. The molecule has 0 radical (unpaired) electrons. The van der Waals surface area contributed by atoms with Crippen LogP contribution in [-0.4, -0.2) is 27.1 Å². The standard InChI is InChI=1S/C12H16N4O/c1-3-5-9(4-2)13-12(17)11-14-10(15-16-11)8-6-7-8/h1,8-9H,4-7H2,2H3,(H,13,17)(H,14,15,16). The van der Waals surface area contributed by atoms with Crippen LogP contribution in [0.25, 0.3) is 0 Å². The molecule has 5 heteroatoms. The first kappa shape index (κ1) is 11.6. The van der Waals surface area contributed by atoms with Gasteiger partial charge < -0.3 is 5.32 Å². The van der Waals surface area contributed by atoms with Crippen LogP contribution in [0.15, 0.2) is 0 Å². The van der Waals surface area contributed by atoms with Crippen molar-refractivity contribution in [2.45, 2.75) is 44.6 Å². The Morgan fingerprint density at radius 3 is 3.06 bits per heavy atom. The number of aromatic amines is 1. The largest absolute Gasteiger partial charge is 0.346 e. The number of carbonyl (C=O) groups is 1. The van der Waals surface area contributed by atoms with E-state index in [1.165, 1.54) is 0 Å². The number of H-pyrrole nitrogens is 1. The fourth-order valence-electron chi connectivity index (χ4n) is 1.60. The summed E-state index contributed by atoms with van der Waals surface area (Å²) in [6.45, 7) is 1.98. The Bertz CT molecular complexity index is 442. The van der Waals surface area contributed by atoms with Gasteiger partial charge in [0.25, 0.3) is 5.91 Å². The highest BCUT2D eigenvalue weighted by Gasteiger charge is 2.28. The van der Waals surface area contributed by atoms with Crippen molar-refractivity contribution in [2.24, 2.45) is 0 Å². The Kier molecular flexibility index (Phi) is 3.43. The number of terminal acetylenes is 1. The summed E-state index contributed by atoms with van der Waals surface area (Å²) in [5, 5.41) is 9.56. The molecular weight excluding hydrogens is 216 g/mol. The average Bonchev–Trinajstić information content (AvgIpc) is 3.06. The monoisotopic (exact) mass is 232 g/mol. The Balaban J connectivity index is 1.96. The van der Waals surface area contributed by atoms with Crippen LogP contribution in [-0.2, 0) is 0 Å². The van der Waals surface area contributed by atoms with Crippen LogP contribution in [0.3, 0.4) is 0 Å². The van der Waals surface area contributed by atoms with Gasteiger partial charge in [0.2, 0.25) is 5.82 Å². The van der Waals surface area contributed by atoms with Crippen molar-refractivity contribution in [1.82, 2.24) is 20.5 Å². The second-order valence-electron chi connectivity index (χ2n) is 4.31. The SMILES string of the molecule is C#CCC(CC)NC(=O)c1n[nH]c(C2CC2)n1. The zero-order valence-electron chi connectivity index (χ0n) is 9.86. The summed E-state index contributed by atoms with van der Waals surface area (Å²) >= 11 is 0. The molecule has 1 fully saturated rings. The summed E-state index contributed by atoms with van der Waals surface area (Å²) in [7, 11) is 0. The molecule has 1 aliphatic carbocycles. The van der Waals surface area contributed by atoms with Gasteiger partial charge in [0.1, 0.15) is 5.82 Å². The number of hydrogen-bond acceptors (Lipinski definition) is 3. The molecule has 0 aromatic carbocycles. The van der Waals surface area contributed by atoms with Gasteiger partial charge in [-0.3, -0.25) is 9.89 Å². The van der Waals surface area contributed by atoms with Gasteiger partial charge in [-0.15, -0.1) is 17.4 Å². The quantitative estimate of drug-likeness (QED) is 0.750. The molecule has 1 aromatic heterocycles. The first-order valence-corrected chi connectivity index (χ1v) is 5.91. The second-order valence-corrected chi connectivity index (χ2v) is 4.31. The van der Waals surface area contributed by atoms with Crippen molar-refractivity contribution in [3.63, 3.8) is 0 Å². The molecule has 1 saturated carbocycles. The van der Waals surface area contributed by atoms with Crippen LogP contribution in [0.5, 0.6) is 0 Å². The van der Waals surface area contributed by atoms with Gasteiger partial charge in [0.05, 0.1) is 0 Å². The van der Waals surface area contributed by atoms with Crippen molar-refractivity contribution >= 4 is 5.91 Å². The molecule has 0 bridgehead atoms. The number of nitrogens with zero attached hydrogens (tertiary/aromatic N) is 2. The van der Waals surface area contributed by atoms with Gasteiger partial charge in [0.15, 0.2) is 0 Å². The van der Waals surface area contributed by atoms with Gasteiger partial charge in [-0.1, -0.05) is 6.92 Å². The van der Waals surface area contributed by atoms with Crippen LogP contribution >= 0.6 is 0 Å². The van der Waals surface area contributed by atoms with Gasteiger partial charge in [-0.2, -0.15) is 0 Å². The molecule has 1 heterocycles. The lowest BCUT2D eigenvalue weighted by molar-refractivity contribution is 0.0926. The molecule has 1 unspecified atom stereocenters. The van der Waals surface area contributed by atoms with E-state index in [0.717, 1.165) is 25.1 Å². The number of nitrogens with one attached hydrogen (secondary N) is 2. The van der Waals surface area contributed by atoms with E-state index in [4.69, 9.17) is 6.42 Å². The second kappa shape index (κ2) is 5.00. The molecule has 5 nitrogen and oxygen atoms in total. The van der Waals surface area contributed by atoms with Gasteiger partial charge >= 0.3 is 0 Å². The van der Waals surface area contributed by atoms with E-state index in [1.54, 1.807) is 0 Å². The van der Waals surface area contributed by atoms with Crippen LogP contribution in [0.1, 0.15) is 55.0 Å². The fourth-order valence-corrected chi connectivity index (χ4v) is 1.60. The lowest BCUT2D eigenvalue weighted by Crippen LogP contribution is -2.34. The molecule has 1 aromatic rings. The number of aromatic nitrogens is 3. The predicted molar refractivity (Wildman–Crippen MR) is 63.4 cm³/mol. The van der Waals surface area contributed by atoms with Crippen molar-refractivity contribution in [3.05, 3.63) is 11.6 Å². The van der Waals surface area contributed by atoms with Gasteiger partial charge in [0, 0.05) is 18.4 Å². The highest BCUT2D eigenvalue weighted by molar-refractivity contribution is 5.90. The van der Waals surface area contributed by atoms with E-state index in [2.05, 4.69) is 26.4 Å². The minimum atomic E-state index is -0.254. The minimum Gasteiger partial charge on any atom is -0.346 e. The number of hydrogen-bond donors (Lipinski definition) is 2. The average molecular weight is 232 g/mol. The minimum absolute atomic E-state index is 0.00428. The molecule has 1 atom stereocenters. The number of amides is 1. The highest BCUT2D eigenvalue weighted by atomic mass is 16.2. The molecule has 90 valence electrons. The first-order valence-electron chi connectivity index (χ1n) is 5.91. The molecule has 1 aliphatic rings. The predicted octanol–water partition coefficient (Wildman–Crippen LogP) is 1.21. The molecule has 0 aliphatic heterocycles. The maximum absolute atomic E-state index is 11.8. The molecule has 2 rings (SSSR count). The van der Waals surface area contributed by atoms with Crippen LogP contribution in [0, 0.1) is 12.3 Å². The Morgan fingerprint density at radius 1 is 1.71 bits per heavy atom. The summed E-state index contributed by atoms with van der Waals surface area (Å²) in [5.41, 5.74) is 0. The summed E-state index contributed by atoms with van der Waals surface area (Å²) in [6.07, 6.45) is 8.82. The van der Waals surface area contributed by atoms with E-state index in [0.29, 0.717) is 12.3 Å². The van der Waals surface area contributed by atoms with Gasteiger partial charge in [-0.05, 0) is 19.3 Å². The van der Waals surface area contributed by atoms with E-state index in [1.807, 2.05) is 6.92 Å². The third kappa shape index (κ3) is 2.84. The van der Waals surface area contributed by atoms with Crippen LogP contribution in [0.2, 0.25) is 0 Å². The van der Waals surface area contributed by atoms with E-state index < -0.39 is 0 Å². The molecular formula is C12H16N4O. The lowest BCUT2D eigenvalue weighted by Gasteiger charge is -2.12. The molecule has 17 heavy (non-hydrogen) atoms. The third-order valence-electron chi connectivity index (χ3n) is 2.86. The highest BCUT2D eigenvalue weighted by Crippen LogP contribution is 2.37. The lowest BCUT2D eigenvalue weighted by atomic mass is 10.1. The summed E-state index contributed by atoms with van der Waals surface area (Å²) in [5.74, 6) is 3.79. The van der Waals surface area contributed by atoms with Gasteiger partial charge in [-0.25, -0.2) is 4.98 Å². The Hall–Kier alpha value is -1.83. The van der Waals surface area contributed by atoms with Crippen molar-refractivity contribution in [3.8, 4) is 12.3 Å². The molecule has 2 N–H and O–H groups in total. The maximum atomic E-state index is 11.8. The van der Waals surface area contributed by atoms with Crippen LogP contribution < -0.4 is 5.32 Å². The molecule has 0 saturated heterocycles. The topological polar surface area (TPSA) is 70.7 Å². The number of rotatable bonds is 5. The molecule has 1 amide bonds. The van der Waals surface area contributed by atoms with E-state index in [9.17, 15) is 4.79 Å². The summed E-state index contributed by atoms with van der Waals surface area (Å²) in [4.78, 5) is 16.0. The Labute approximate surface area is 100 Å². The Morgan fingerprint density at radius 2 is 2.47 bits per heavy atom.